The van der Waals surface area contributed by atoms with Crippen LogP contribution >= 0.6 is 0 Å². The number of nitrogens with zero attached hydrogens (tertiary/aromatic N) is 2. The van der Waals surface area contributed by atoms with Crippen LogP contribution in [-0.2, 0) is 0 Å². The number of oxazole rings is 1. The zero-order chi connectivity index (χ0) is 34.9. The highest BCUT2D eigenvalue weighted by molar-refractivity contribution is 6.18. The van der Waals surface area contributed by atoms with E-state index in [1.54, 1.807) is 0 Å². The van der Waals surface area contributed by atoms with Crippen LogP contribution in [0.1, 0.15) is 0 Å². The second kappa shape index (κ2) is 11.7. The van der Waals surface area contributed by atoms with Crippen LogP contribution in [0.5, 0.6) is 0 Å². The van der Waals surface area contributed by atoms with E-state index in [4.69, 9.17) is 13.8 Å². The van der Waals surface area contributed by atoms with Gasteiger partial charge in [-0.25, -0.2) is 4.98 Å². The van der Waals surface area contributed by atoms with Crippen LogP contribution in [0.2, 0.25) is 0 Å². The van der Waals surface area contributed by atoms with E-state index in [0.29, 0.717) is 5.89 Å². The van der Waals surface area contributed by atoms with E-state index in [1.165, 1.54) is 32.3 Å². The van der Waals surface area contributed by atoms with Crippen molar-refractivity contribution >= 4 is 82.4 Å². The molecule has 0 fully saturated rings. The third-order valence-electron chi connectivity index (χ3n) is 10.5. The first kappa shape index (κ1) is 29.5. The number of furan rings is 1. The fourth-order valence-corrected chi connectivity index (χ4v) is 8.03. The van der Waals surface area contributed by atoms with Gasteiger partial charge in [-0.15, -0.1) is 0 Å². The molecule has 0 aliphatic rings. The Morgan fingerprint density at radius 2 is 1.06 bits per heavy atom. The molecule has 9 aromatic carbocycles. The van der Waals surface area contributed by atoms with Gasteiger partial charge < -0.3 is 13.7 Å². The minimum atomic E-state index is 0.582. The number of anilines is 3. The fourth-order valence-electron chi connectivity index (χ4n) is 8.03. The number of aromatic nitrogens is 1. The maximum Gasteiger partial charge on any atom is 0.228 e. The summed E-state index contributed by atoms with van der Waals surface area (Å²) in [5.41, 5.74) is 9.51. The predicted molar refractivity (Wildman–Crippen MR) is 219 cm³/mol. The lowest BCUT2D eigenvalue weighted by Crippen LogP contribution is -2.11. The van der Waals surface area contributed by atoms with Gasteiger partial charge in [0, 0.05) is 39.3 Å². The van der Waals surface area contributed by atoms with Crippen molar-refractivity contribution < 1.29 is 8.83 Å². The van der Waals surface area contributed by atoms with E-state index in [0.717, 1.165) is 66.8 Å². The van der Waals surface area contributed by atoms with Crippen molar-refractivity contribution in [2.75, 3.05) is 4.90 Å². The highest BCUT2D eigenvalue weighted by atomic mass is 16.3. The number of fused-ring (bicyclic) bond motifs is 9. The minimum absolute atomic E-state index is 0.582. The molecule has 0 N–H and O–H groups in total. The summed E-state index contributed by atoms with van der Waals surface area (Å²) in [4.78, 5) is 7.17. The number of hydrogen-bond acceptors (Lipinski definition) is 4. The lowest BCUT2D eigenvalue weighted by Gasteiger charge is -2.28. The minimum Gasteiger partial charge on any atom is -0.456 e. The van der Waals surface area contributed by atoms with Gasteiger partial charge in [0.05, 0.1) is 5.69 Å². The van der Waals surface area contributed by atoms with Gasteiger partial charge in [-0.3, -0.25) is 0 Å². The van der Waals surface area contributed by atoms with Gasteiger partial charge >= 0.3 is 0 Å². The lowest BCUT2D eigenvalue weighted by molar-refractivity contribution is 0.620. The first-order valence-electron chi connectivity index (χ1n) is 17.9. The molecule has 0 bridgehead atoms. The largest absolute Gasteiger partial charge is 0.456 e. The second-order valence-corrected chi connectivity index (χ2v) is 13.5. The number of benzene rings is 9. The molecule has 0 unspecified atom stereocenters. The van der Waals surface area contributed by atoms with Crippen LogP contribution in [0.25, 0.3) is 87.9 Å². The summed E-state index contributed by atoms with van der Waals surface area (Å²) in [7, 11) is 0. The molecule has 11 rings (SSSR count). The molecule has 2 aromatic heterocycles. The average Bonchev–Trinajstić information content (AvgIpc) is 3.83. The first-order valence-corrected chi connectivity index (χ1v) is 17.9. The summed E-state index contributed by atoms with van der Waals surface area (Å²) in [6, 6.07) is 64.1. The molecule has 0 radical (unpaired) electrons. The molecule has 0 spiro atoms. The standard InChI is InChI=1S/C49H30N2O2/c1-2-11-31(12-3-1)38-15-6-8-18-44(38)51(34-23-27-37-33(29-34)22-26-39-36-14-5-4-13-32(36)21-25-40(37)39)35-24-28-41-47(30-35)52-46-20-10-16-42(48(41)46)49-50-43-17-7-9-19-45(43)53-49/h1-30H. The van der Waals surface area contributed by atoms with E-state index < -0.39 is 0 Å². The number of rotatable bonds is 5. The Kier molecular flexibility index (Phi) is 6.52. The SMILES string of the molecule is c1ccc(-c2ccccc2N(c2ccc3c(ccc4c5ccccc5ccc34)c2)c2ccc3c(c2)oc2cccc(-c4nc5ccccc5o4)c23)cc1. The summed E-state index contributed by atoms with van der Waals surface area (Å²) in [6.07, 6.45) is 0. The molecule has 4 heteroatoms. The van der Waals surface area contributed by atoms with Crippen LogP contribution in [-0.4, -0.2) is 4.98 Å². The Morgan fingerprint density at radius 1 is 0.396 bits per heavy atom. The lowest BCUT2D eigenvalue weighted by atomic mass is 9.96. The Hall–Kier alpha value is -7.17. The van der Waals surface area contributed by atoms with Crippen LogP contribution in [0, 0.1) is 0 Å². The van der Waals surface area contributed by atoms with Crippen LogP contribution in [0.4, 0.5) is 17.1 Å². The Morgan fingerprint density at radius 3 is 1.94 bits per heavy atom. The van der Waals surface area contributed by atoms with Crippen molar-refractivity contribution in [1.29, 1.82) is 0 Å². The molecule has 0 amide bonds. The van der Waals surface area contributed by atoms with Gasteiger partial charge in [0.2, 0.25) is 5.89 Å². The Balaban J connectivity index is 1.12. The quantitative estimate of drug-likeness (QED) is 0.170. The Bertz CT molecular complexity index is 3160. The molecule has 248 valence electrons. The van der Waals surface area contributed by atoms with Gasteiger partial charge in [-0.1, -0.05) is 121 Å². The molecule has 0 aliphatic heterocycles. The highest BCUT2D eigenvalue weighted by Gasteiger charge is 2.21. The van der Waals surface area contributed by atoms with Gasteiger partial charge in [-0.2, -0.15) is 0 Å². The van der Waals surface area contributed by atoms with Crippen LogP contribution in [0.15, 0.2) is 191 Å². The third kappa shape index (κ3) is 4.73. The van der Waals surface area contributed by atoms with E-state index in [2.05, 4.69) is 150 Å². The summed E-state index contributed by atoms with van der Waals surface area (Å²) in [5, 5.41) is 9.45. The zero-order valence-electron chi connectivity index (χ0n) is 28.5. The normalized spacial score (nSPS) is 11.8. The molecular formula is C49H30N2O2. The highest BCUT2D eigenvalue weighted by Crippen LogP contribution is 2.45. The van der Waals surface area contributed by atoms with Crippen molar-refractivity contribution in [3.05, 3.63) is 182 Å². The number of para-hydroxylation sites is 3. The average molecular weight is 679 g/mol. The molecule has 0 saturated heterocycles. The molecule has 4 nitrogen and oxygen atoms in total. The molecule has 11 aromatic rings. The van der Waals surface area contributed by atoms with Crippen molar-refractivity contribution in [2.24, 2.45) is 0 Å². The van der Waals surface area contributed by atoms with Gasteiger partial charge in [0.1, 0.15) is 16.7 Å². The predicted octanol–water partition coefficient (Wildman–Crippen LogP) is 14.0. The smallest absolute Gasteiger partial charge is 0.228 e. The Labute approximate surface area is 304 Å². The molecule has 2 heterocycles. The summed E-state index contributed by atoms with van der Waals surface area (Å²) in [5.74, 6) is 0.582. The molecule has 53 heavy (non-hydrogen) atoms. The van der Waals surface area contributed by atoms with Gasteiger partial charge in [0.15, 0.2) is 5.58 Å². The van der Waals surface area contributed by atoms with Crippen molar-refractivity contribution in [2.45, 2.75) is 0 Å². The van der Waals surface area contributed by atoms with E-state index in [9.17, 15) is 0 Å². The van der Waals surface area contributed by atoms with Gasteiger partial charge in [0.25, 0.3) is 0 Å². The maximum atomic E-state index is 6.62. The molecule has 0 saturated carbocycles. The second-order valence-electron chi connectivity index (χ2n) is 13.5. The van der Waals surface area contributed by atoms with Crippen LogP contribution in [0.3, 0.4) is 0 Å². The summed E-state index contributed by atoms with van der Waals surface area (Å²) >= 11 is 0. The fraction of sp³-hybridized carbons (Fsp3) is 0. The molecule has 0 atom stereocenters. The van der Waals surface area contributed by atoms with Crippen molar-refractivity contribution in [3.8, 4) is 22.6 Å². The zero-order valence-corrected chi connectivity index (χ0v) is 28.5. The topological polar surface area (TPSA) is 42.4 Å². The summed E-state index contributed by atoms with van der Waals surface area (Å²) in [6.45, 7) is 0. The molecule has 0 aliphatic carbocycles. The van der Waals surface area contributed by atoms with Crippen molar-refractivity contribution in [3.63, 3.8) is 0 Å². The third-order valence-corrected chi connectivity index (χ3v) is 10.5. The van der Waals surface area contributed by atoms with E-state index in [1.807, 2.05) is 36.4 Å². The van der Waals surface area contributed by atoms with Crippen molar-refractivity contribution in [1.82, 2.24) is 4.98 Å². The van der Waals surface area contributed by atoms with Gasteiger partial charge in [-0.05, 0) is 92.5 Å². The van der Waals surface area contributed by atoms with E-state index >= 15 is 0 Å². The van der Waals surface area contributed by atoms with E-state index in [-0.39, 0.29) is 0 Å². The first-order chi connectivity index (χ1) is 26.3. The van der Waals surface area contributed by atoms with Crippen LogP contribution < -0.4 is 4.90 Å². The maximum absolute atomic E-state index is 6.62. The monoisotopic (exact) mass is 678 g/mol. The molecular weight excluding hydrogens is 649 g/mol. The summed E-state index contributed by atoms with van der Waals surface area (Å²) < 4.78 is 12.9. The number of hydrogen-bond donors (Lipinski definition) is 0.